The summed E-state index contributed by atoms with van der Waals surface area (Å²) in [6.45, 7) is 7.14. The molecule has 7 heteroatoms. The van der Waals surface area contributed by atoms with Crippen molar-refractivity contribution in [1.82, 2.24) is 10.2 Å². The quantitative estimate of drug-likeness (QED) is 0.739. The van der Waals surface area contributed by atoms with E-state index in [-0.39, 0.29) is 24.0 Å². The van der Waals surface area contributed by atoms with Crippen molar-refractivity contribution >= 4 is 11.9 Å². The Bertz CT molecular complexity index is 689. The van der Waals surface area contributed by atoms with Gasteiger partial charge >= 0.3 is 5.97 Å². The minimum absolute atomic E-state index is 0.171. The lowest BCUT2D eigenvalue weighted by molar-refractivity contribution is -0.161. The number of methoxy groups -OCH3 is 1. The van der Waals surface area contributed by atoms with Crippen LogP contribution in [0.3, 0.4) is 0 Å². The lowest BCUT2D eigenvalue weighted by Gasteiger charge is -2.44. The number of carbonyl (C=O) groups is 2. The summed E-state index contributed by atoms with van der Waals surface area (Å²) >= 11 is 0. The van der Waals surface area contributed by atoms with Crippen molar-refractivity contribution in [2.24, 2.45) is 5.92 Å². The summed E-state index contributed by atoms with van der Waals surface area (Å²) in [5.74, 6) is -1.37. The number of nitrogens with zero attached hydrogens (tertiary/aromatic N) is 1. The molecule has 0 spiro atoms. The maximum atomic E-state index is 12.4. The van der Waals surface area contributed by atoms with Crippen LogP contribution in [0.25, 0.3) is 0 Å². The molecule has 1 amide bonds. The van der Waals surface area contributed by atoms with Gasteiger partial charge in [-0.15, -0.1) is 0 Å². The number of carboxylic acid groups (broad SMARTS) is 1. The smallest absolute Gasteiger partial charge is 0.306 e. The fourth-order valence-corrected chi connectivity index (χ4v) is 4.17. The summed E-state index contributed by atoms with van der Waals surface area (Å²) in [7, 11) is 1.56. The second kappa shape index (κ2) is 8.59. The molecule has 0 aromatic heterocycles. The van der Waals surface area contributed by atoms with Gasteiger partial charge in [0.2, 0.25) is 0 Å². The summed E-state index contributed by atoms with van der Waals surface area (Å²) in [4.78, 5) is 25.8. The van der Waals surface area contributed by atoms with E-state index < -0.39 is 11.6 Å². The Balaban J connectivity index is 1.50. The van der Waals surface area contributed by atoms with E-state index in [0.717, 1.165) is 25.2 Å². The summed E-state index contributed by atoms with van der Waals surface area (Å²) in [6, 6.07) is 7.63. The molecule has 2 fully saturated rings. The van der Waals surface area contributed by atoms with Crippen LogP contribution in [-0.2, 0) is 20.8 Å². The SMILES string of the molecule is COC1(CNC(=O)c2ccc(CN3CC(C)OC(C)C3)cc2)CC(C(=O)O)C1. The molecule has 1 aliphatic carbocycles. The van der Waals surface area contributed by atoms with E-state index in [1.54, 1.807) is 7.11 Å². The third-order valence-electron chi connectivity index (χ3n) is 5.71. The molecule has 3 rings (SSSR count). The Morgan fingerprint density at radius 2 is 1.82 bits per heavy atom. The van der Waals surface area contributed by atoms with Gasteiger partial charge in [-0.2, -0.15) is 0 Å². The van der Waals surface area contributed by atoms with Crippen LogP contribution in [0.15, 0.2) is 24.3 Å². The molecule has 7 nitrogen and oxygen atoms in total. The van der Waals surface area contributed by atoms with Crippen molar-refractivity contribution in [3.63, 3.8) is 0 Å². The Morgan fingerprint density at radius 1 is 1.21 bits per heavy atom. The molecule has 2 aliphatic rings. The summed E-state index contributed by atoms with van der Waals surface area (Å²) in [5.41, 5.74) is 1.19. The molecule has 1 saturated heterocycles. The maximum absolute atomic E-state index is 12.4. The average molecular weight is 390 g/mol. The minimum atomic E-state index is -0.807. The van der Waals surface area contributed by atoms with E-state index in [0.29, 0.717) is 24.9 Å². The number of rotatable bonds is 7. The molecule has 2 unspecified atom stereocenters. The third-order valence-corrected chi connectivity index (χ3v) is 5.71. The van der Waals surface area contributed by atoms with Gasteiger partial charge in [0, 0.05) is 38.9 Å². The van der Waals surface area contributed by atoms with Gasteiger partial charge in [-0.05, 0) is 44.4 Å². The normalized spacial score (nSPS) is 30.5. The topological polar surface area (TPSA) is 88.1 Å². The molecule has 0 radical (unpaired) electrons. The van der Waals surface area contributed by atoms with E-state index in [1.807, 2.05) is 24.3 Å². The van der Waals surface area contributed by atoms with E-state index in [9.17, 15) is 9.59 Å². The molecule has 2 N–H and O–H groups in total. The van der Waals surface area contributed by atoms with Gasteiger partial charge in [0.25, 0.3) is 5.91 Å². The van der Waals surface area contributed by atoms with Gasteiger partial charge in [0.1, 0.15) is 0 Å². The van der Waals surface area contributed by atoms with Crippen LogP contribution in [0.4, 0.5) is 0 Å². The van der Waals surface area contributed by atoms with E-state index >= 15 is 0 Å². The largest absolute Gasteiger partial charge is 0.481 e. The highest BCUT2D eigenvalue weighted by atomic mass is 16.5. The Kier molecular flexibility index (Phi) is 6.37. The number of morpholine rings is 1. The number of hydrogen-bond donors (Lipinski definition) is 2. The lowest BCUT2D eigenvalue weighted by Crippen LogP contribution is -2.55. The second-order valence-electron chi connectivity index (χ2n) is 8.16. The Hall–Kier alpha value is -1.96. The fraction of sp³-hybridized carbons (Fsp3) is 0.619. The zero-order valence-corrected chi connectivity index (χ0v) is 16.8. The van der Waals surface area contributed by atoms with Gasteiger partial charge < -0.3 is 19.9 Å². The first-order chi connectivity index (χ1) is 13.3. The van der Waals surface area contributed by atoms with Crippen LogP contribution in [0.5, 0.6) is 0 Å². The number of benzene rings is 1. The number of ether oxygens (including phenoxy) is 2. The standard InChI is InChI=1S/C21H30N2O5/c1-14-10-23(11-15(2)28-14)12-16-4-6-17(7-5-16)19(24)22-13-21(27-3)8-18(9-21)20(25)26/h4-7,14-15,18H,8-13H2,1-3H3,(H,22,24)(H,25,26). The van der Waals surface area contributed by atoms with E-state index in [1.165, 1.54) is 0 Å². The number of amides is 1. The number of hydrogen-bond acceptors (Lipinski definition) is 5. The van der Waals surface area contributed by atoms with Crippen LogP contribution in [-0.4, -0.2) is 66.4 Å². The summed E-state index contributed by atoms with van der Waals surface area (Å²) < 4.78 is 11.2. The van der Waals surface area contributed by atoms with Gasteiger partial charge in [-0.3, -0.25) is 14.5 Å². The van der Waals surface area contributed by atoms with Crippen LogP contribution in [0.1, 0.15) is 42.6 Å². The molecular formula is C21H30N2O5. The lowest BCUT2D eigenvalue weighted by atomic mass is 9.70. The molecule has 1 heterocycles. The van der Waals surface area contributed by atoms with Crippen LogP contribution in [0, 0.1) is 5.92 Å². The zero-order chi connectivity index (χ0) is 20.3. The predicted octanol–water partition coefficient (Wildman–Crippen LogP) is 1.91. The Labute approximate surface area is 166 Å². The molecular weight excluding hydrogens is 360 g/mol. The highest BCUT2D eigenvalue weighted by Gasteiger charge is 2.48. The van der Waals surface area contributed by atoms with E-state index in [4.69, 9.17) is 14.6 Å². The number of carboxylic acids is 1. The first-order valence-electron chi connectivity index (χ1n) is 9.83. The maximum Gasteiger partial charge on any atom is 0.306 e. The van der Waals surface area contributed by atoms with Gasteiger partial charge in [0.15, 0.2) is 0 Å². The molecule has 1 aromatic carbocycles. The second-order valence-corrected chi connectivity index (χ2v) is 8.16. The molecule has 1 saturated carbocycles. The van der Waals surface area contributed by atoms with Gasteiger partial charge in [-0.25, -0.2) is 0 Å². The van der Waals surface area contributed by atoms with Crippen molar-refractivity contribution < 1.29 is 24.2 Å². The van der Waals surface area contributed by atoms with Gasteiger partial charge in [-0.1, -0.05) is 12.1 Å². The highest BCUT2D eigenvalue weighted by molar-refractivity contribution is 5.94. The molecule has 0 bridgehead atoms. The monoisotopic (exact) mass is 390 g/mol. The minimum Gasteiger partial charge on any atom is -0.481 e. The van der Waals surface area contributed by atoms with Crippen LogP contribution < -0.4 is 5.32 Å². The van der Waals surface area contributed by atoms with Crippen molar-refractivity contribution in [1.29, 1.82) is 0 Å². The van der Waals surface area contributed by atoms with E-state index in [2.05, 4.69) is 24.1 Å². The molecule has 1 aromatic rings. The number of carbonyl (C=O) groups excluding carboxylic acids is 1. The first kappa shape index (κ1) is 20.8. The van der Waals surface area contributed by atoms with Crippen molar-refractivity contribution in [3.8, 4) is 0 Å². The number of aliphatic carboxylic acids is 1. The molecule has 2 atom stereocenters. The van der Waals surface area contributed by atoms with Crippen LogP contribution >= 0.6 is 0 Å². The Morgan fingerprint density at radius 3 is 2.36 bits per heavy atom. The predicted molar refractivity (Wildman–Crippen MR) is 104 cm³/mol. The van der Waals surface area contributed by atoms with Crippen molar-refractivity contribution in [3.05, 3.63) is 35.4 Å². The highest BCUT2D eigenvalue weighted by Crippen LogP contribution is 2.40. The number of nitrogens with one attached hydrogen (secondary N) is 1. The average Bonchev–Trinajstić information content (AvgIpc) is 2.60. The van der Waals surface area contributed by atoms with Crippen LogP contribution in [0.2, 0.25) is 0 Å². The van der Waals surface area contributed by atoms with Gasteiger partial charge in [0.05, 0.1) is 23.7 Å². The van der Waals surface area contributed by atoms with Crippen molar-refractivity contribution in [2.75, 3.05) is 26.7 Å². The zero-order valence-electron chi connectivity index (χ0n) is 16.8. The molecule has 154 valence electrons. The summed E-state index contributed by atoms with van der Waals surface area (Å²) in [6.07, 6.45) is 1.31. The third kappa shape index (κ3) is 4.90. The summed E-state index contributed by atoms with van der Waals surface area (Å²) in [5, 5.41) is 11.9. The fourth-order valence-electron chi connectivity index (χ4n) is 4.17. The molecule has 1 aliphatic heterocycles. The molecule has 28 heavy (non-hydrogen) atoms. The van der Waals surface area contributed by atoms with Crippen molar-refractivity contribution in [2.45, 2.75) is 51.0 Å². The first-order valence-corrected chi connectivity index (χ1v) is 9.83.